The van der Waals surface area contributed by atoms with E-state index in [2.05, 4.69) is 15.8 Å². The molecular weight excluding hydrogens is 464 g/mol. The molecule has 0 fully saturated rings. The Morgan fingerprint density at radius 3 is 2.42 bits per heavy atom. The molecule has 0 aliphatic rings. The Labute approximate surface area is 204 Å². The number of hydrogen-bond donors (Lipinski definition) is 3. The van der Waals surface area contributed by atoms with Crippen molar-refractivity contribution in [2.45, 2.75) is 13.8 Å². The van der Waals surface area contributed by atoms with E-state index < -0.39 is 11.9 Å². The molecule has 4 rings (SSSR count). The summed E-state index contributed by atoms with van der Waals surface area (Å²) in [6.07, 6.45) is 0. The Bertz CT molecular complexity index is 1610. The van der Waals surface area contributed by atoms with Gasteiger partial charge < -0.3 is 20.3 Å². The van der Waals surface area contributed by atoms with Gasteiger partial charge in [-0.25, -0.2) is 4.79 Å². The van der Waals surface area contributed by atoms with Crippen molar-refractivity contribution in [2.24, 2.45) is 0 Å². The fourth-order valence-electron chi connectivity index (χ4n) is 3.73. The monoisotopic (exact) mass is 482 g/mol. The van der Waals surface area contributed by atoms with Crippen LogP contribution in [0.5, 0.6) is 0 Å². The van der Waals surface area contributed by atoms with Crippen molar-refractivity contribution in [2.75, 3.05) is 10.6 Å². The average Bonchev–Trinajstić information content (AvgIpc) is 3.26. The van der Waals surface area contributed by atoms with Gasteiger partial charge in [-0.15, -0.1) is 0 Å². The van der Waals surface area contributed by atoms with E-state index in [1.54, 1.807) is 30.3 Å². The van der Waals surface area contributed by atoms with E-state index in [4.69, 9.17) is 9.78 Å². The fourth-order valence-corrected chi connectivity index (χ4v) is 3.73. The molecule has 0 radical (unpaired) electrons. The van der Waals surface area contributed by atoms with Crippen molar-refractivity contribution in [3.63, 3.8) is 0 Å². The molecule has 0 saturated heterocycles. The number of aromatic nitrogens is 1. The number of hydrogen-bond acceptors (Lipinski definition) is 7. The maximum atomic E-state index is 13.0. The number of amides is 2. The van der Waals surface area contributed by atoms with Gasteiger partial charge in [-0.2, -0.15) is 5.26 Å². The molecule has 36 heavy (non-hydrogen) atoms. The Kier molecular flexibility index (Phi) is 6.30. The third kappa shape index (κ3) is 4.67. The number of carbonyl (C=O) groups excluding carboxylic acids is 3. The number of benzene rings is 3. The van der Waals surface area contributed by atoms with Crippen LogP contribution in [0.1, 0.15) is 50.6 Å². The van der Waals surface area contributed by atoms with Crippen LogP contribution in [0.25, 0.3) is 22.1 Å². The van der Waals surface area contributed by atoms with Gasteiger partial charge in [0, 0.05) is 18.2 Å². The van der Waals surface area contributed by atoms with Gasteiger partial charge in [-0.1, -0.05) is 17.3 Å². The summed E-state index contributed by atoms with van der Waals surface area (Å²) in [6, 6.07) is 15.6. The number of nitriles is 1. The third-order valence-corrected chi connectivity index (χ3v) is 5.33. The predicted octanol–water partition coefficient (Wildman–Crippen LogP) is 4.48. The van der Waals surface area contributed by atoms with Crippen molar-refractivity contribution >= 4 is 45.9 Å². The van der Waals surface area contributed by atoms with Crippen LogP contribution in [0.2, 0.25) is 0 Å². The highest BCUT2D eigenvalue weighted by Crippen LogP contribution is 2.32. The fraction of sp³-hybridized carbons (Fsp3) is 0.0769. The molecule has 0 atom stereocenters. The summed E-state index contributed by atoms with van der Waals surface area (Å²) in [5.74, 6) is -2.59. The van der Waals surface area contributed by atoms with Crippen molar-refractivity contribution < 1.29 is 28.8 Å². The number of fused-ring (bicyclic) bond motifs is 1. The second-order valence-corrected chi connectivity index (χ2v) is 7.87. The Morgan fingerprint density at radius 1 is 0.972 bits per heavy atom. The van der Waals surface area contributed by atoms with E-state index in [1.165, 1.54) is 32.0 Å². The lowest BCUT2D eigenvalue weighted by Crippen LogP contribution is -2.15. The summed E-state index contributed by atoms with van der Waals surface area (Å²) in [5.41, 5.74) is 1.91. The second kappa shape index (κ2) is 9.52. The SMILES string of the molecule is CC(=O)Nc1cccc(-c2cc3onc(C(=O)Nc4ccc(C#N)cc4C(=O)O)c3cc2C(C)=O)c1. The zero-order valence-electron chi connectivity index (χ0n) is 19.1. The standard InChI is InChI=1S/C26H18N4O6/c1-13(31)18-10-21-23(11-19(18)16-4-3-5-17(9-16)28-14(2)32)36-30-24(21)25(33)29-22-7-6-15(12-27)8-20(22)26(34)35/h3-11H,1-2H3,(H,28,32)(H,29,33)(H,34,35). The lowest BCUT2D eigenvalue weighted by molar-refractivity contribution is -0.114. The van der Waals surface area contributed by atoms with Crippen LogP contribution in [-0.2, 0) is 4.79 Å². The number of rotatable bonds is 6. The summed E-state index contributed by atoms with van der Waals surface area (Å²) < 4.78 is 5.36. The minimum Gasteiger partial charge on any atom is -0.478 e. The first-order valence-corrected chi connectivity index (χ1v) is 10.6. The Balaban J connectivity index is 1.76. The molecule has 0 aliphatic heterocycles. The molecule has 1 aromatic heterocycles. The summed E-state index contributed by atoms with van der Waals surface area (Å²) in [7, 11) is 0. The van der Waals surface area contributed by atoms with Gasteiger partial charge in [0.15, 0.2) is 17.1 Å². The van der Waals surface area contributed by atoms with Gasteiger partial charge in [0.05, 0.1) is 28.3 Å². The smallest absolute Gasteiger partial charge is 0.337 e. The molecule has 3 aromatic carbocycles. The van der Waals surface area contributed by atoms with Crippen molar-refractivity contribution in [1.82, 2.24) is 5.16 Å². The number of nitrogens with one attached hydrogen (secondary N) is 2. The normalized spacial score (nSPS) is 10.5. The molecule has 3 N–H and O–H groups in total. The van der Waals surface area contributed by atoms with Crippen LogP contribution >= 0.6 is 0 Å². The summed E-state index contributed by atoms with van der Waals surface area (Å²) >= 11 is 0. The van der Waals surface area contributed by atoms with Gasteiger partial charge in [0.25, 0.3) is 5.91 Å². The van der Waals surface area contributed by atoms with Gasteiger partial charge in [0.1, 0.15) is 0 Å². The van der Waals surface area contributed by atoms with Gasteiger partial charge in [0.2, 0.25) is 5.91 Å². The summed E-state index contributed by atoms with van der Waals surface area (Å²) in [4.78, 5) is 48.5. The van der Waals surface area contributed by atoms with E-state index in [1.807, 2.05) is 6.07 Å². The quantitative estimate of drug-likeness (QED) is 0.339. The molecule has 0 aliphatic carbocycles. The van der Waals surface area contributed by atoms with E-state index in [-0.39, 0.29) is 45.2 Å². The first-order chi connectivity index (χ1) is 17.2. The molecule has 178 valence electrons. The highest BCUT2D eigenvalue weighted by atomic mass is 16.5. The van der Waals surface area contributed by atoms with Gasteiger partial charge in [-0.3, -0.25) is 14.4 Å². The molecular formula is C26H18N4O6. The van der Waals surface area contributed by atoms with Crippen molar-refractivity contribution in [3.8, 4) is 17.2 Å². The largest absolute Gasteiger partial charge is 0.478 e. The van der Waals surface area contributed by atoms with Crippen LogP contribution in [-0.4, -0.2) is 33.8 Å². The molecule has 0 spiro atoms. The maximum Gasteiger partial charge on any atom is 0.337 e. The topological polar surface area (TPSA) is 162 Å². The van der Waals surface area contributed by atoms with Crippen LogP contribution in [0.15, 0.2) is 59.1 Å². The molecule has 0 unspecified atom stereocenters. The first-order valence-electron chi connectivity index (χ1n) is 10.6. The first kappa shape index (κ1) is 23.8. The third-order valence-electron chi connectivity index (χ3n) is 5.33. The Hall–Kier alpha value is -5.30. The lowest BCUT2D eigenvalue weighted by Gasteiger charge is -2.10. The molecule has 1 heterocycles. The van der Waals surface area contributed by atoms with Crippen LogP contribution in [0.3, 0.4) is 0 Å². The van der Waals surface area contributed by atoms with E-state index >= 15 is 0 Å². The number of carbonyl (C=O) groups is 4. The molecule has 0 saturated carbocycles. The summed E-state index contributed by atoms with van der Waals surface area (Å²) in [5, 5.41) is 27.7. The number of nitrogens with zero attached hydrogens (tertiary/aromatic N) is 2. The molecule has 2 amide bonds. The highest BCUT2D eigenvalue weighted by molar-refractivity contribution is 6.14. The zero-order chi connectivity index (χ0) is 26.0. The summed E-state index contributed by atoms with van der Waals surface area (Å²) in [6.45, 7) is 2.77. The maximum absolute atomic E-state index is 13.0. The number of carboxylic acid groups (broad SMARTS) is 1. The minimum absolute atomic E-state index is 0.0270. The van der Waals surface area contributed by atoms with E-state index in [9.17, 15) is 24.3 Å². The number of aromatic carboxylic acids is 1. The van der Waals surface area contributed by atoms with Crippen LogP contribution < -0.4 is 10.6 Å². The van der Waals surface area contributed by atoms with Gasteiger partial charge >= 0.3 is 5.97 Å². The highest BCUT2D eigenvalue weighted by Gasteiger charge is 2.22. The number of Topliss-reactive ketones (excluding diaryl/α,β-unsaturated/α-hetero) is 1. The van der Waals surface area contributed by atoms with E-state index in [0.717, 1.165) is 6.07 Å². The number of carboxylic acids is 1. The van der Waals surface area contributed by atoms with Gasteiger partial charge in [-0.05, 0) is 60.5 Å². The molecule has 0 bridgehead atoms. The molecule has 10 heteroatoms. The zero-order valence-corrected chi connectivity index (χ0v) is 19.1. The van der Waals surface area contributed by atoms with Crippen molar-refractivity contribution in [3.05, 3.63) is 77.0 Å². The predicted molar refractivity (Wildman–Crippen MR) is 130 cm³/mol. The lowest BCUT2D eigenvalue weighted by atomic mass is 9.95. The minimum atomic E-state index is -1.32. The molecule has 10 nitrogen and oxygen atoms in total. The number of ketones is 1. The number of anilines is 2. The van der Waals surface area contributed by atoms with Crippen LogP contribution in [0.4, 0.5) is 11.4 Å². The van der Waals surface area contributed by atoms with Crippen LogP contribution in [0, 0.1) is 11.3 Å². The second-order valence-electron chi connectivity index (χ2n) is 7.87. The Morgan fingerprint density at radius 2 is 1.75 bits per heavy atom. The average molecular weight is 482 g/mol. The van der Waals surface area contributed by atoms with E-state index in [0.29, 0.717) is 22.4 Å². The van der Waals surface area contributed by atoms with Crippen molar-refractivity contribution in [1.29, 1.82) is 5.26 Å². The molecule has 4 aromatic rings.